The van der Waals surface area contributed by atoms with Gasteiger partial charge in [0.1, 0.15) is 5.75 Å². The van der Waals surface area contributed by atoms with Crippen LogP contribution in [-0.4, -0.2) is 17.4 Å². The number of pyridine rings is 1. The summed E-state index contributed by atoms with van der Waals surface area (Å²) < 4.78 is 6.86. The number of aromatic nitrogens is 1. The van der Waals surface area contributed by atoms with Crippen LogP contribution in [0.4, 0.5) is 11.4 Å². The minimum atomic E-state index is -0.0930. The predicted molar refractivity (Wildman–Crippen MR) is 103 cm³/mol. The number of halogens is 1. The van der Waals surface area contributed by atoms with Crippen LogP contribution in [0.15, 0.2) is 34.9 Å². The topological polar surface area (TPSA) is 78.5 Å². The summed E-state index contributed by atoms with van der Waals surface area (Å²) in [7, 11) is 0. The number of hydrogen-bond acceptors (Lipinski definition) is 6. The number of ether oxygens (including phenoxy) is 1. The number of nitrogens with zero attached hydrogens (tertiary/aromatic N) is 2. The summed E-state index contributed by atoms with van der Waals surface area (Å²) >= 11 is 3.63. The third-order valence-corrected chi connectivity index (χ3v) is 5.20. The number of carbonyl (C=O) groups is 1. The van der Waals surface area contributed by atoms with E-state index in [1.54, 1.807) is 6.20 Å². The highest BCUT2D eigenvalue weighted by Gasteiger charge is 2.29. The van der Waals surface area contributed by atoms with E-state index in [0.29, 0.717) is 18.2 Å². The Balaban J connectivity index is 1.55. The van der Waals surface area contributed by atoms with Gasteiger partial charge in [0.05, 0.1) is 15.8 Å². The molecule has 1 aromatic carbocycles. The number of rotatable bonds is 6. The fourth-order valence-electron chi connectivity index (χ4n) is 2.83. The van der Waals surface area contributed by atoms with E-state index in [1.807, 2.05) is 24.3 Å². The maximum Gasteiger partial charge on any atom is 0.224 e. The Kier molecular flexibility index (Phi) is 4.69. The molecular formula is C18H20BrN5O2. The van der Waals surface area contributed by atoms with Crippen molar-refractivity contribution < 1.29 is 9.53 Å². The van der Waals surface area contributed by atoms with Gasteiger partial charge in [-0.1, -0.05) is 6.07 Å². The highest BCUT2D eigenvalue weighted by Crippen LogP contribution is 2.44. The number of nitrogens with one attached hydrogen (secondary N) is 3. The van der Waals surface area contributed by atoms with Gasteiger partial charge in [0.25, 0.3) is 0 Å². The molecule has 0 radical (unpaired) electrons. The molecular weight excluding hydrogens is 398 g/mol. The average molecular weight is 418 g/mol. The van der Waals surface area contributed by atoms with Gasteiger partial charge in [-0.25, -0.2) is 4.98 Å². The molecule has 1 aromatic heterocycles. The zero-order chi connectivity index (χ0) is 18.1. The van der Waals surface area contributed by atoms with Crippen molar-refractivity contribution in [2.75, 3.05) is 17.0 Å². The highest BCUT2D eigenvalue weighted by atomic mass is 79.9. The lowest BCUT2D eigenvalue weighted by molar-refractivity contribution is -0.119. The molecule has 4 rings (SSSR count). The van der Waals surface area contributed by atoms with Gasteiger partial charge in [-0.2, -0.15) is 0 Å². The van der Waals surface area contributed by atoms with Crippen molar-refractivity contribution in [2.45, 2.75) is 26.3 Å². The van der Waals surface area contributed by atoms with E-state index in [4.69, 9.17) is 4.74 Å². The van der Waals surface area contributed by atoms with Crippen LogP contribution in [0.2, 0.25) is 0 Å². The van der Waals surface area contributed by atoms with Gasteiger partial charge in [-0.05, 0) is 52.9 Å². The molecule has 2 aromatic rings. The first-order valence-corrected chi connectivity index (χ1v) is 9.39. The smallest absolute Gasteiger partial charge is 0.224 e. The molecule has 1 saturated carbocycles. The van der Waals surface area contributed by atoms with Crippen molar-refractivity contribution in [3.8, 4) is 11.6 Å². The summed E-state index contributed by atoms with van der Waals surface area (Å²) in [5, 5.41) is 4.90. The normalized spacial score (nSPS) is 15.4. The Morgan fingerprint density at radius 3 is 3.04 bits per heavy atom. The number of hydrogen-bond donors (Lipinski definition) is 3. The Labute approximate surface area is 160 Å². The largest absolute Gasteiger partial charge is 0.437 e. The number of carbonyl (C=O) groups excluding carboxylic acids is 1. The standard InChI is InChI=1S/C18H20BrN5O2/c1-11(25)21-9-13-3-2-8-20-18(13)26-15-7-6-14-17(16(15)19)22-23-24(14)10-12-4-5-12/h2-3,6-8,12,22-23H,4-5,9-10H2,1H3,(H,21,25). The van der Waals surface area contributed by atoms with Gasteiger partial charge in [-0.3, -0.25) is 9.80 Å². The van der Waals surface area contributed by atoms with Gasteiger partial charge < -0.3 is 15.5 Å². The van der Waals surface area contributed by atoms with Crippen LogP contribution >= 0.6 is 15.9 Å². The number of fused-ring (bicyclic) bond motifs is 1. The summed E-state index contributed by atoms with van der Waals surface area (Å²) in [6.45, 7) is 2.85. The second kappa shape index (κ2) is 7.13. The average Bonchev–Trinajstić information content (AvgIpc) is 3.35. The molecule has 0 spiro atoms. The zero-order valence-corrected chi connectivity index (χ0v) is 16.0. The molecule has 136 valence electrons. The van der Waals surface area contributed by atoms with Crippen LogP contribution in [-0.2, 0) is 11.3 Å². The van der Waals surface area contributed by atoms with Gasteiger partial charge in [-0.15, -0.1) is 5.53 Å². The molecule has 1 fully saturated rings. The van der Waals surface area contributed by atoms with Gasteiger partial charge in [0.15, 0.2) is 0 Å². The van der Waals surface area contributed by atoms with E-state index in [9.17, 15) is 4.79 Å². The molecule has 2 heterocycles. The molecule has 2 aliphatic rings. The van der Waals surface area contributed by atoms with Crippen LogP contribution in [0.1, 0.15) is 25.3 Å². The first kappa shape index (κ1) is 17.1. The summed E-state index contributed by atoms with van der Waals surface area (Å²) in [5.74, 6) is 1.82. The van der Waals surface area contributed by atoms with Crippen LogP contribution in [0, 0.1) is 5.92 Å². The molecule has 1 aliphatic heterocycles. The third kappa shape index (κ3) is 3.61. The minimum absolute atomic E-state index is 0.0930. The summed E-state index contributed by atoms with van der Waals surface area (Å²) in [5.41, 5.74) is 9.26. The molecule has 8 heteroatoms. The quantitative estimate of drug-likeness (QED) is 0.668. The Hall–Kier alpha value is -2.32. The van der Waals surface area contributed by atoms with Crippen LogP contribution in [0.5, 0.6) is 11.6 Å². The summed E-state index contributed by atoms with van der Waals surface area (Å²) in [4.78, 5) is 15.5. The fourth-order valence-corrected chi connectivity index (χ4v) is 3.35. The minimum Gasteiger partial charge on any atom is -0.437 e. The monoisotopic (exact) mass is 417 g/mol. The summed E-state index contributed by atoms with van der Waals surface area (Å²) in [6.07, 6.45) is 4.27. The molecule has 3 N–H and O–H groups in total. The van der Waals surface area contributed by atoms with Crippen molar-refractivity contribution in [2.24, 2.45) is 5.92 Å². The van der Waals surface area contributed by atoms with E-state index < -0.39 is 0 Å². The van der Waals surface area contributed by atoms with Gasteiger partial charge >= 0.3 is 0 Å². The number of anilines is 2. The molecule has 0 atom stereocenters. The Morgan fingerprint density at radius 1 is 1.42 bits per heavy atom. The van der Waals surface area contributed by atoms with Crippen molar-refractivity contribution in [3.63, 3.8) is 0 Å². The first-order valence-electron chi connectivity index (χ1n) is 8.59. The molecule has 1 amide bonds. The Bertz CT molecular complexity index is 840. The molecule has 1 aliphatic carbocycles. The lowest BCUT2D eigenvalue weighted by atomic mass is 10.2. The summed E-state index contributed by atoms with van der Waals surface area (Å²) in [6, 6.07) is 7.66. The zero-order valence-electron chi connectivity index (χ0n) is 14.4. The van der Waals surface area contributed by atoms with E-state index >= 15 is 0 Å². The highest BCUT2D eigenvalue weighted by molar-refractivity contribution is 9.10. The van der Waals surface area contributed by atoms with Gasteiger partial charge in [0.2, 0.25) is 11.8 Å². The van der Waals surface area contributed by atoms with E-state index in [1.165, 1.54) is 19.8 Å². The van der Waals surface area contributed by atoms with Gasteiger partial charge in [0, 0.05) is 31.8 Å². The van der Waals surface area contributed by atoms with Crippen molar-refractivity contribution in [1.82, 2.24) is 15.8 Å². The lowest BCUT2D eigenvalue weighted by Crippen LogP contribution is -2.37. The third-order valence-electron chi connectivity index (χ3n) is 4.41. The second-order valence-electron chi connectivity index (χ2n) is 6.54. The second-order valence-corrected chi connectivity index (χ2v) is 7.34. The predicted octanol–water partition coefficient (Wildman–Crippen LogP) is 3.33. The molecule has 0 saturated heterocycles. The Morgan fingerprint density at radius 2 is 2.27 bits per heavy atom. The SMILES string of the molecule is CC(=O)NCc1cccnc1Oc1ccc2c(c1Br)NNN2CC1CC1. The fraction of sp³-hybridized carbons (Fsp3) is 0.333. The van der Waals surface area contributed by atoms with E-state index in [0.717, 1.165) is 33.9 Å². The van der Waals surface area contributed by atoms with Crippen molar-refractivity contribution in [1.29, 1.82) is 0 Å². The van der Waals surface area contributed by atoms with E-state index in [2.05, 4.69) is 42.2 Å². The lowest BCUT2D eigenvalue weighted by Gasteiger charge is -2.17. The van der Waals surface area contributed by atoms with Crippen LogP contribution < -0.4 is 26.0 Å². The molecule has 0 unspecified atom stereocenters. The number of hydrazine groups is 2. The molecule has 26 heavy (non-hydrogen) atoms. The molecule has 0 bridgehead atoms. The van der Waals surface area contributed by atoms with Crippen LogP contribution in [0.25, 0.3) is 0 Å². The molecule has 7 nitrogen and oxygen atoms in total. The first-order chi connectivity index (χ1) is 12.6. The van der Waals surface area contributed by atoms with Crippen LogP contribution in [0.3, 0.4) is 0 Å². The van der Waals surface area contributed by atoms with Crippen molar-refractivity contribution in [3.05, 3.63) is 40.5 Å². The van der Waals surface area contributed by atoms with E-state index in [-0.39, 0.29) is 5.91 Å². The van der Waals surface area contributed by atoms with Crippen molar-refractivity contribution >= 4 is 33.2 Å². The maximum atomic E-state index is 11.2. The number of benzene rings is 1. The maximum absolute atomic E-state index is 11.2. The number of amides is 1.